The second-order valence-electron chi connectivity index (χ2n) is 5.76. The van der Waals surface area contributed by atoms with Crippen LogP contribution in [0.15, 0.2) is 30.3 Å². The largest absolute Gasteiger partial charge is 0.355 e. The van der Waals surface area contributed by atoms with E-state index < -0.39 is 21.7 Å². The molecule has 2 N–H and O–H groups in total. The zero-order valence-electron chi connectivity index (χ0n) is 12.3. The Labute approximate surface area is 126 Å². The lowest BCUT2D eigenvalue weighted by molar-refractivity contribution is -0.119. The number of sulfonamides is 1. The highest BCUT2D eigenvalue weighted by Crippen LogP contribution is 2.43. The van der Waals surface area contributed by atoms with Gasteiger partial charge in [-0.05, 0) is 37.3 Å². The predicted octanol–water partition coefficient (Wildman–Crippen LogP) is 1.06. The predicted molar refractivity (Wildman–Crippen MR) is 82.3 cm³/mol. The van der Waals surface area contributed by atoms with Crippen molar-refractivity contribution < 1.29 is 13.2 Å². The molecule has 6 heteroatoms. The first-order valence-corrected chi connectivity index (χ1v) is 8.82. The van der Waals surface area contributed by atoms with E-state index in [2.05, 4.69) is 22.2 Å². The van der Waals surface area contributed by atoms with Crippen LogP contribution >= 0.6 is 0 Å². The van der Waals surface area contributed by atoms with Crippen molar-refractivity contribution in [1.29, 1.82) is 0 Å². The summed E-state index contributed by atoms with van der Waals surface area (Å²) in [5.74, 6) is -0.950. The molecule has 1 aliphatic carbocycles. The minimum atomic E-state index is -3.50. The lowest BCUT2D eigenvalue weighted by Crippen LogP contribution is -2.45. The Morgan fingerprint density at radius 2 is 1.90 bits per heavy atom. The summed E-state index contributed by atoms with van der Waals surface area (Å²) in [5.41, 5.74) is 1.34. The summed E-state index contributed by atoms with van der Waals surface area (Å²) in [6.07, 6.45) is 4.23. The van der Waals surface area contributed by atoms with E-state index >= 15 is 0 Å². The lowest BCUT2D eigenvalue weighted by atomic mass is 9.65. The van der Waals surface area contributed by atoms with Gasteiger partial charge in [-0.25, -0.2) is 13.1 Å². The molecular weight excluding hydrogens is 288 g/mol. The topological polar surface area (TPSA) is 75.3 Å². The third kappa shape index (κ3) is 4.54. The molecule has 0 saturated heterocycles. The van der Waals surface area contributed by atoms with Crippen molar-refractivity contribution in [3.63, 3.8) is 0 Å². The molecule has 0 radical (unpaired) electrons. The number of hydrogen-bond acceptors (Lipinski definition) is 3. The normalized spacial score (nSPS) is 17.0. The Morgan fingerprint density at radius 1 is 1.24 bits per heavy atom. The summed E-state index contributed by atoms with van der Waals surface area (Å²) in [6.45, 7) is 0.542. The number of amides is 1. The summed E-state index contributed by atoms with van der Waals surface area (Å²) in [6, 6.07) is 10.2. The highest BCUT2D eigenvalue weighted by Gasteiger charge is 2.37. The fraction of sp³-hybridized carbons (Fsp3) is 0.533. The third-order valence-electron chi connectivity index (χ3n) is 4.13. The molecule has 2 rings (SSSR count). The van der Waals surface area contributed by atoms with E-state index in [4.69, 9.17) is 0 Å². The Morgan fingerprint density at radius 3 is 2.43 bits per heavy atom. The van der Waals surface area contributed by atoms with Crippen LogP contribution in [0.3, 0.4) is 0 Å². The number of carbonyl (C=O) groups is 1. The fourth-order valence-corrected chi connectivity index (χ4v) is 3.30. The molecule has 1 fully saturated rings. The van der Waals surface area contributed by atoms with E-state index in [-0.39, 0.29) is 5.41 Å². The maximum Gasteiger partial charge on any atom is 0.236 e. The van der Waals surface area contributed by atoms with Crippen molar-refractivity contribution in [2.24, 2.45) is 5.41 Å². The van der Waals surface area contributed by atoms with Crippen molar-refractivity contribution in [2.45, 2.75) is 25.7 Å². The quantitative estimate of drug-likeness (QED) is 0.791. The van der Waals surface area contributed by atoms with Gasteiger partial charge in [0.1, 0.15) is 5.75 Å². The molecule has 1 aromatic carbocycles. The fourth-order valence-electron chi connectivity index (χ4n) is 2.70. The first-order chi connectivity index (χ1) is 9.95. The van der Waals surface area contributed by atoms with Gasteiger partial charge in [0.05, 0.1) is 0 Å². The molecule has 0 heterocycles. The van der Waals surface area contributed by atoms with Crippen LogP contribution < -0.4 is 10.0 Å². The Balaban J connectivity index is 1.89. The standard InChI is InChI=1S/C15H22N2O3S/c1-16-21(19,20)11-14(18)17-12-15(8-5-9-15)10-13-6-3-2-4-7-13/h2-4,6-7,16H,5,8-12H2,1H3,(H,17,18). The van der Waals surface area contributed by atoms with Crippen molar-refractivity contribution >= 4 is 15.9 Å². The van der Waals surface area contributed by atoms with Gasteiger partial charge in [-0.15, -0.1) is 0 Å². The van der Waals surface area contributed by atoms with Gasteiger partial charge in [-0.1, -0.05) is 36.8 Å². The SMILES string of the molecule is CNS(=O)(=O)CC(=O)NCC1(Cc2ccccc2)CCC1. The van der Waals surface area contributed by atoms with Crippen molar-refractivity contribution in [1.82, 2.24) is 10.0 Å². The number of nitrogens with one attached hydrogen (secondary N) is 2. The lowest BCUT2D eigenvalue weighted by Gasteiger charge is -2.42. The smallest absolute Gasteiger partial charge is 0.236 e. The average molecular weight is 310 g/mol. The molecule has 1 aliphatic rings. The maximum absolute atomic E-state index is 11.7. The number of hydrogen-bond donors (Lipinski definition) is 2. The molecule has 1 saturated carbocycles. The van der Waals surface area contributed by atoms with Crippen LogP contribution in [0, 0.1) is 5.41 Å². The van der Waals surface area contributed by atoms with E-state index in [9.17, 15) is 13.2 Å². The molecule has 0 aliphatic heterocycles. The van der Waals surface area contributed by atoms with E-state index in [0.29, 0.717) is 6.54 Å². The van der Waals surface area contributed by atoms with Crippen molar-refractivity contribution in [3.05, 3.63) is 35.9 Å². The molecule has 1 aromatic rings. The molecule has 0 unspecified atom stereocenters. The Kier molecular flexibility index (Phi) is 5.00. The van der Waals surface area contributed by atoms with Crippen molar-refractivity contribution in [3.8, 4) is 0 Å². The first kappa shape index (κ1) is 16.0. The van der Waals surface area contributed by atoms with E-state index in [1.165, 1.54) is 12.6 Å². The van der Waals surface area contributed by atoms with Crippen molar-refractivity contribution in [2.75, 3.05) is 19.3 Å². The number of rotatable bonds is 7. The summed E-state index contributed by atoms with van der Waals surface area (Å²) in [7, 11) is -2.19. The maximum atomic E-state index is 11.7. The van der Waals surface area contributed by atoms with Gasteiger partial charge >= 0.3 is 0 Å². The highest BCUT2D eigenvalue weighted by molar-refractivity contribution is 7.90. The second-order valence-corrected chi connectivity index (χ2v) is 7.68. The van der Waals surface area contributed by atoms with Gasteiger partial charge in [-0.2, -0.15) is 0 Å². The second kappa shape index (κ2) is 6.58. The number of benzene rings is 1. The third-order valence-corrected chi connectivity index (χ3v) is 5.39. The Hall–Kier alpha value is -1.40. The first-order valence-electron chi connectivity index (χ1n) is 7.17. The van der Waals surface area contributed by atoms with Gasteiger partial charge in [0.15, 0.2) is 0 Å². The van der Waals surface area contributed by atoms with Gasteiger partial charge in [-0.3, -0.25) is 4.79 Å². The molecule has 0 atom stereocenters. The average Bonchev–Trinajstić information content (AvgIpc) is 2.42. The minimum absolute atomic E-state index is 0.0837. The Bertz CT molecular complexity index is 580. The van der Waals surface area contributed by atoms with Crippen LogP contribution in [0.1, 0.15) is 24.8 Å². The molecule has 0 aromatic heterocycles. The van der Waals surface area contributed by atoms with Crippen LogP contribution in [0.5, 0.6) is 0 Å². The van der Waals surface area contributed by atoms with Gasteiger partial charge in [0.25, 0.3) is 0 Å². The molecule has 0 bridgehead atoms. The summed E-state index contributed by atoms with van der Waals surface area (Å²) in [5, 5.41) is 2.78. The van der Waals surface area contributed by atoms with Gasteiger partial charge < -0.3 is 5.32 Å². The summed E-state index contributed by atoms with van der Waals surface area (Å²) >= 11 is 0. The molecule has 21 heavy (non-hydrogen) atoms. The monoisotopic (exact) mass is 310 g/mol. The highest BCUT2D eigenvalue weighted by atomic mass is 32.2. The molecular formula is C15H22N2O3S. The molecule has 0 spiro atoms. The minimum Gasteiger partial charge on any atom is -0.355 e. The van der Waals surface area contributed by atoms with Crippen LogP contribution in [-0.2, 0) is 21.2 Å². The summed E-state index contributed by atoms with van der Waals surface area (Å²) in [4.78, 5) is 11.7. The van der Waals surface area contributed by atoms with Gasteiger partial charge in [0.2, 0.25) is 15.9 Å². The van der Waals surface area contributed by atoms with Crippen LogP contribution in [0.2, 0.25) is 0 Å². The van der Waals surface area contributed by atoms with Crippen LogP contribution in [-0.4, -0.2) is 33.7 Å². The summed E-state index contributed by atoms with van der Waals surface area (Å²) < 4.78 is 24.8. The van der Waals surface area contributed by atoms with Crippen LogP contribution in [0.4, 0.5) is 0 Å². The van der Waals surface area contributed by atoms with E-state index in [0.717, 1.165) is 25.7 Å². The zero-order valence-corrected chi connectivity index (χ0v) is 13.1. The zero-order chi connectivity index (χ0) is 15.3. The number of carbonyl (C=O) groups excluding carboxylic acids is 1. The van der Waals surface area contributed by atoms with E-state index in [1.807, 2.05) is 18.2 Å². The van der Waals surface area contributed by atoms with E-state index in [1.54, 1.807) is 0 Å². The molecule has 5 nitrogen and oxygen atoms in total. The van der Waals surface area contributed by atoms with Gasteiger partial charge in [0, 0.05) is 6.54 Å². The van der Waals surface area contributed by atoms with Crippen LogP contribution in [0.25, 0.3) is 0 Å². The molecule has 1 amide bonds. The molecule has 116 valence electrons.